The number of aryl methyl sites for hydroxylation is 1. The van der Waals surface area contributed by atoms with Gasteiger partial charge in [-0.2, -0.15) is 0 Å². The van der Waals surface area contributed by atoms with Crippen molar-refractivity contribution >= 4 is 17.6 Å². The van der Waals surface area contributed by atoms with Crippen LogP contribution in [-0.4, -0.2) is 24.0 Å². The van der Waals surface area contributed by atoms with Crippen molar-refractivity contribution in [3.05, 3.63) is 77.6 Å². The fourth-order valence-electron chi connectivity index (χ4n) is 3.04. The maximum absolute atomic E-state index is 14.3. The van der Waals surface area contributed by atoms with Crippen LogP contribution in [0.3, 0.4) is 0 Å². The molecule has 3 rings (SSSR count). The second-order valence-electron chi connectivity index (χ2n) is 8.04. The lowest BCUT2D eigenvalue weighted by molar-refractivity contribution is -0.152. The molecule has 0 spiro atoms. The van der Waals surface area contributed by atoms with E-state index in [2.05, 4.69) is 0 Å². The molecule has 31 heavy (non-hydrogen) atoms. The quantitative estimate of drug-likeness (QED) is 0.503. The van der Waals surface area contributed by atoms with Crippen LogP contribution in [0.1, 0.15) is 36.9 Å². The van der Waals surface area contributed by atoms with Crippen LogP contribution in [0.5, 0.6) is 0 Å². The number of halogens is 2. The predicted molar refractivity (Wildman–Crippen MR) is 113 cm³/mol. The summed E-state index contributed by atoms with van der Waals surface area (Å²) in [6.45, 7) is 6.34. The Morgan fingerprint density at radius 3 is 2.23 bits per heavy atom. The molecule has 162 valence electrons. The van der Waals surface area contributed by atoms with Crippen molar-refractivity contribution < 1.29 is 27.5 Å². The van der Waals surface area contributed by atoms with Crippen LogP contribution >= 0.6 is 0 Å². The highest BCUT2D eigenvalue weighted by Gasteiger charge is 2.28. The topological polar surface area (TPSA) is 59.8 Å². The monoisotopic (exact) mass is 427 g/mol. The Labute approximate surface area is 179 Å². The summed E-state index contributed by atoms with van der Waals surface area (Å²) in [6.07, 6.45) is 0. The fourth-order valence-corrected chi connectivity index (χ4v) is 3.04. The van der Waals surface area contributed by atoms with Gasteiger partial charge in [0.25, 0.3) is 5.91 Å². The van der Waals surface area contributed by atoms with Crippen LogP contribution in [0.25, 0.3) is 11.3 Å². The minimum Gasteiger partial charge on any atom is -0.461 e. The summed E-state index contributed by atoms with van der Waals surface area (Å²) in [6, 6.07) is 13.3. The van der Waals surface area contributed by atoms with Gasteiger partial charge in [0.15, 0.2) is 0 Å². The lowest BCUT2D eigenvalue weighted by atomic mass is 10.1. The number of benzene rings is 2. The molecule has 0 atom stereocenters. The molecular weight excluding hydrogens is 404 g/mol. The molecule has 0 fully saturated rings. The van der Waals surface area contributed by atoms with E-state index in [-0.39, 0.29) is 5.69 Å². The smallest absolute Gasteiger partial charge is 0.326 e. The Bertz CT molecular complexity index is 1090. The standard InChI is InChI=1S/C24H23F2NO4/c1-15-11-12-20(30-15)16-7-5-8-17(13-16)27(14-21(28)31-24(2,3)4)23(29)22-18(25)9-6-10-19(22)26/h5-13H,14H2,1-4H3. The van der Waals surface area contributed by atoms with Gasteiger partial charge in [-0.1, -0.05) is 18.2 Å². The van der Waals surface area contributed by atoms with Gasteiger partial charge in [-0.05, 0) is 64.1 Å². The Morgan fingerprint density at radius 1 is 1.00 bits per heavy atom. The molecule has 3 aromatic rings. The van der Waals surface area contributed by atoms with E-state index < -0.39 is 41.2 Å². The van der Waals surface area contributed by atoms with Gasteiger partial charge in [0, 0.05) is 11.3 Å². The van der Waals surface area contributed by atoms with Crippen molar-refractivity contribution in [2.45, 2.75) is 33.3 Å². The van der Waals surface area contributed by atoms with E-state index in [9.17, 15) is 18.4 Å². The second kappa shape index (κ2) is 8.71. The number of amides is 1. The van der Waals surface area contributed by atoms with Gasteiger partial charge in [-0.3, -0.25) is 14.5 Å². The van der Waals surface area contributed by atoms with E-state index in [0.29, 0.717) is 17.1 Å². The van der Waals surface area contributed by atoms with Gasteiger partial charge in [0.05, 0.1) is 0 Å². The largest absolute Gasteiger partial charge is 0.461 e. The summed E-state index contributed by atoms with van der Waals surface area (Å²) in [5.41, 5.74) is -0.625. The number of carbonyl (C=O) groups excluding carboxylic acids is 2. The van der Waals surface area contributed by atoms with Crippen LogP contribution in [0.15, 0.2) is 59.0 Å². The maximum atomic E-state index is 14.3. The minimum atomic E-state index is -1.02. The van der Waals surface area contributed by atoms with Crippen LogP contribution < -0.4 is 4.90 Å². The van der Waals surface area contributed by atoms with E-state index in [4.69, 9.17) is 9.15 Å². The van der Waals surface area contributed by atoms with Crippen LogP contribution in [0, 0.1) is 18.6 Å². The number of carbonyl (C=O) groups is 2. The van der Waals surface area contributed by atoms with Crippen molar-refractivity contribution in [1.29, 1.82) is 0 Å². The average molecular weight is 427 g/mol. The summed E-state index contributed by atoms with van der Waals surface area (Å²) < 4.78 is 39.6. The van der Waals surface area contributed by atoms with Crippen molar-refractivity contribution in [3.8, 4) is 11.3 Å². The molecule has 0 radical (unpaired) electrons. The molecule has 1 aromatic heterocycles. The zero-order valence-electron chi connectivity index (χ0n) is 17.7. The Balaban J connectivity index is 2.04. The first-order valence-electron chi connectivity index (χ1n) is 9.70. The van der Waals surface area contributed by atoms with E-state index in [1.54, 1.807) is 64.1 Å². The maximum Gasteiger partial charge on any atom is 0.326 e. The fraction of sp³-hybridized carbons (Fsp3) is 0.250. The molecule has 0 saturated carbocycles. The normalized spacial score (nSPS) is 11.3. The molecule has 0 aliphatic rings. The summed E-state index contributed by atoms with van der Waals surface area (Å²) in [7, 11) is 0. The molecule has 1 heterocycles. The number of hydrogen-bond donors (Lipinski definition) is 0. The SMILES string of the molecule is Cc1ccc(-c2cccc(N(CC(=O)OC(C)(C)C)C(=O)c3c(F)cccc3F)c2)o1. The Morgan fingerprint density at radius 2 is 1.65 bits per heavy atom. The highest BCUT2D eigenvalue weighted by atomic mass is 19.1. The highest BCUT2D eigenvalue weighted by Crippen LogP contribution is 2.28. The van der Waals surface area contributed by atoms with Crippen LogP contribution in [0.4, 0.5) is 14.5 Å². The van der Waals surface area contributed by atoms with Crippen molar-refractivity contribution in [3.63, 3.8) is 0 Å². The third-order valence-electron chi connectivity index (χ3n) is 4.31. The molecule has 0 unspecified atom stereocenters. The van der Waals surface area contributed by atoms with Gasteiger partial charge in [-0.25, -0.2) is 8.78 Å². The number of furan rings is 1. The molecule has 0 saturated heterocycles. The highest BCUT2D eigenvalue weighted by molar-refractivity contribution is 6.08. The molecule has 0 aliphatic heterocycles. The number of anilines is 1. The first-order valence-corrected chi connectivity index (χ1v) is 9.70. The summed E-state index contributed by atoms with van der Waals surface area (Å²) >= 11 is 0. The van der Waals surface area contributed by atoms with Gasteiger partial charge >= 0.3 is 5.97 Å². The average Bonchev–Trinajstić information content (AvgIpc) is 3.11. The van der Waals surface area contributed by atoms with Crippen molar-refractivity contribution in [2.24, 2.45) is 0 Å². The number of rotatable bonds is 5. The summed E-state index contributed by atoms with van der Waals surface area (Å²) in [5.74, 6) is -2.48. The molecule has 1 amide bonds. The third-order valence-corrected chi connectivity index (χ3v) is 4.31. The molecule has 0 bridgehead atoms. The Kier molecular flexibility index (Phi) is 6.24. The number of esters is 1. The van der Waals surface area contributed by atoms with Crippen molar-refractivity contribution in [2.75, 3.05) is 11.4 Å². The number of ether oxygens (including phenoxy) is 1. The van der Waals surface area contributed by atoms with Gasteiger partial charge in [0.1, 0.15) is 40.9 Å². The summed E-state index contributed by atoms with van der Waals surface area (Å²) in [5, 5.41) is 0. The lowest BCUT2D eigenvalue weighted by Crippen LogP contribution is -2.39. The van der Waals surface area contributed by atoms with E-state index in [0.717, 1.165) is 17.0 Å². The lowest BCUT2D eigenvalue weighted by Gasteiger charge is -2.26. The predicted octanol–water partition coefficient (Wildman–Crippen LogP) is 5.52. The molecule has 2 aromatic carbocycles. The molecule has 0 N–H and O–H groups in total. The van der Waals surface area contributed by atoms with Crippen molar-refractivity contribution in [1.82, 2.24) is 0 Å². The zero-order chi connectivity index (χ0) is 22.8. The zero-order valence-corrected chi connectivity index (χ0v) is 17.7. The van der Waals surface area contributed by atoms with Crippen LogP contribution in [0.2, 0.25) is 0 Å². The molecule has 5 nitrogen and oxygen atoms in total. The summed E-state index contributed by atoms with van der Waals surface area (Å²) in [4.78, 5) is 26.6. The third kappa shape index (κ3) is 5.36. The first-order chi connectivity index (χ1) is 14.5. The van der Waals surface area contributed by atoms with E-state index >= 15 is 0 Å². The number of hydrogen-bond acceptors (Lipinski definition) is 4. The number of nitrogens with zero attached hydrogens (tertiary/aromatic N) is 1. The van der Waals surface area contributed by atoms with E-state index in [1.165, 1.54) is 6.07 Å². The van der Waals surface area contributed by atoms with Gasteiger partial charge in [-0.15, -0.1) is 0 Å². The van der Waals surface area contributed by atoms with Crippen LogP contribution in [-0.2, 0) is 9.53 Å². The Hall–Kier alpha value is -3.48. The first kappa shape index (κ1) is 22.2. The molecule has 7 heteroatoms. The second-order valence-corrected chi connectivity index (χ2v) is 8.04. The van der Waals surface area contributed by atoms with E-state index in [1.807, 2.05) is 0 Å². The molecule has 0 aliphatic carbocycles. The minimum absolute atomic E-state index is 0.269. The molecular formula is C24H23F2NO4. The van der Waals surface area contributed by atoms with Gasteiger partial charge in [0.2, 0.25) is 0 Å². The van der Waals surface area contributed by atoms with Gasteiger partial charge < -0.3 is 9.15 Å².